The van der Waals surface area contributed by atoms with Crippen LogP contribution in [0.25, 0.3) is 0 Å². The molecule has 2 aromatic rings. The summed E-state index contributed by atoms with van der Waals surface area (Å²) < 4.78 is 0. The van der Waals surface area contributed by atoms with Crippen molar-refractivity contribution in [3.05, 3.63) is 46.0 Å². The smallest absolute Gasteiger partial charge is 0.186 e. The second-order valence-electron chi connectivity index (χ2n) is 5.84. The van der Waals surface area contributed by atoms with Crippen molar-refractivity contribution in [3.63, 3.8) is 0 Å². The van der Waals surface area contributed by atoms with Crippen LogP contribution in [0.5, 0.6) is 0 Å². The zero-order valence-electron chi connectivity index (χ0n) is 12.0. The Morgan fingerprint density at radius 3 is 2.76 bits per heavy atom. The average Bonchev–Trinajstić information content (AvgIpc) is 2.82. The van der Waals surface area contributed by atoms with Gasteiger partial charge in [0, 0.05) is 24.4 Å². The molecule has 0 saturated heterocycles. The summed E-state index contributed by atoms with van der Waals surface area (Å²) in [5.74, 6) is 0.231. The zero-order valence-corrected chi connectivity index (χ0v) is 12.8. The first-order valence-corrected chi connectivity index (χ1v) is 8.47. The van der Waals surface area contributed by atoms with E-state index in [1.807, 2.05) is 0 Å². The first-order valence-electron chi connectivity index (χ1n) is 7.66. The number of anilines is 1. The number of aromatic nitrogens is 1. The molecule has 3 nitrogen and oxygen atoms in total. The van der Waals surface area contributed by atoms with E-state index in [0.717, 1.165) is 49.6 Å². The van der Waals surface area contributed by atoms with Crippen molar-refractivity contribution in [2.45, 2.75) is 38.6 Å². The minimum Gasteiger partial charge on any atom is -0.344 e. The Balaban J connectivity index is 1.66. The van der Waals surface area contributed by atoms with Crippen LogP contribution in [0, 0.1) is 0 Å². The molecule has 1 aromatic carbocycles. The number of Topliss-reactive ketones (excluding diaryl/α,β-unsaturated/α-hetero) is 1. The molecule has 0 radical (unpaired) electrons. The van der Waals surface area contributed by atoms with Gasteiger partial charge in [-0.3, -0.25) is 4.79 Å². The molecular formula is C17H18N2OS. The van der Waals surface area contributed by atoms with Crippen molar-refractivity contribution in [2.75, 3.05) is 11.4 Å². The number of hydrogen-bond acceptors (Lipinski definition) is 4. The van der Waals surface area contributed by atoms with Gasteiger partial charge in [-0.05, 0) is 36.8 Å². The first kappa shape index (κ1) is 13.0. The van der Waals surface area contributed by atoms with Gasteiger partial charge in [-0.1, -0.05) is 24.3 Å². The van der Waals surface area contributed by atoms with E-state index < -0.39 is 0 Å². The number of thiazole rings is 1. The zero-order chi connectivity index (χ0) is 14.2. The highest BCUT2D eigenvalue weighted by Gasteiger charge is 2.25. The molecule has 0 atom stereocenters. The Kier molecular flexibility index (Phi) is 3.26. The maximum atomic E-state index is 12.0. The number of rotatable bonds is 1. The first-order chi connectivity index (χ1) is 10.3. The molecule has 2 aliphatic rings. The number of fused-ring (bicyclic) bond motifs is 2. The fraction of sp³-hybridized carbons (Fsp3) is 0.412. The normalized spacial score (nSPS) is 18.1. The third kappa shape index (κ3) is 2.38. The molecule has 0 amide bonds. The number of hydrogen-bond donors (Lipinski definition) is 0. The van der Waals surface area contributed by atoms with Gasteiger partial charge in [-0.25, -0.2) is 4.98 Å². The molecule has 4 rings (SSSR count). The maximum absolute atomic E-state index is 12.0. The summed E-state index contributed by atoms with van der Waals surface area (Å²) in [6.45, 7) is 1.94. The Bertz CT molecular complexity index is 692. The fourth-order valence-electron chi connectivity index (χ4n) is 3.25. The van der Waals surface area contributed by atoms with Crippen LogP contribution in [0.1, 0.15) is 45.8 Å². The van der Waals surface area contributed by atoms with Crippen LogP contribution in [-0.2, 0) is 19.4 Å². The van der Waals surface area contributed by atoms with Gasteiger partial charge in [0.1, 0.15) is 5.69 Å². The highest BCUT2D eigenvalue weighted by atomic mass is 32.1. The van der Waals surface area contributed by atoms with Crippen LogP contribution in [0.2, 0.25) is 0 Å². The van der Waals surface area contributed by atoms with Crippen LogP contribution in [-0.4, -0.2) is 17.3 Å². The molecule has 0 spiro atoms. The van der Waals surface area contributed by atoms with Gasteiger partial charge in [0.15, 0.2) is 10.9 Å². The van der Waals surface area contributed by atoms with E-state index in [0.29, 0.717) is 6.42 Å². The highest BCUT2D eigenvalue weighted by molar-refractivity contribution is 7.16. The van der Waals surface area contributed by atoms with Crippen LogP contribution < -0.4 is 4.90 Å². The summed E-state index contributed by atoms with van der Waals surface area (Å²) in [4.78, 5) is 20.2. The molecule has 2 heterocycles. The molecule has 1 aliphatic heterocycles. The number of nitrogens with zero attached hydrogens (tertiary/aromatic N) is 2. The Morgan fingerprint density at radius 2 is 1.90 bits per heavy atom. The number of carbonyl (C=O) groups excluding carboxylic acids is 1. The lowest BCUT2D eigenvalue weighted by molar-refractivity contribution is 0.0968. The molecule has 0 unspecified atom stereocenters. The van der Waals surface area contributed by atoms with Crippen LogP contribution >= 0.6 is 11.3 Å². The molecule has 1 aliphatic carbocycles. The summed E-state index contributed by atoms with van der Waals surface area (Å²) in [6.07, 6.45) is 4.95. The molecule has 21 heavy (non-hydrogen) atoms. The standard InChI is InChI=1S/C17H18N2OS/c20-14-8-3-9-15-16(14)18-17(21-15)19-10-4-7-12-5-1-2-6-13(12)11-19/h1-2,5-6H,3-4,7-11H2. The van der Waals surface area contributed by atoms with Gasteiger partial charge in [-0.15, -0.1) is 11.3 Å². The molecule has 0 bridgehead atoms. The molecule has 1 aromatic heterocycles. The largest absolute Gasteiger partial charge is 0.344 e. The topological polar surface area (TPSA) is 33.2 Å². The van der Waals surface area contributed by atoms with E-state index in [1.54, 1.807) is 11.3 Å². The monoisotopic (exact) mass is 298 g/mol. The summed E-state index contributed by atoms with van der Waals surface area (Å²) in [5, 5.41) is 1.03. The fourth-order valence-corrected chi connectivity index (χ4v) is 4.40. The van der Waals surface area contributed by atoms with Crippen LogP contribution in [0.15, 0.2) is 24.3 Å². The van der Waals surface area contributed by atoms with Crippen molar-refractivity contribution in [2.24, 2.45) is 0 Å². The predicted molar refractivity (Wildman–Crippen MR) is 85.2 cm³/mol. The van der Waals surface area contributed by atoms with Gasteiger partial charge >= 0.3 is 0 Å². The Labute approximate surface area is 128 Å². The third-order valence-corrected chi connectivity index (χ3v) is 5.56. The van der Waals surface area contributed by atoms with Gasteiger partial charge in [0.25, 0.3) is 0 Å². The second kappa shape index (κ2) is 5.26. The number of aryl methyl sites for hydroxylation is 2. The molecule has 4 heteroatoms. The minimum absolute atomic E-state index is 0.231. The van der Waals surface area contributed by atoms with E-state index in [1.165, 1.54) is 16.0 Å². The molecule has 0 saturated carbocycles. The van der Waals surface area contributed by atoms with Gasteiger partial charge in [0.2, 0.25) is 0 Å². The van der Waals surface area contributed by atoms with Crippen molar-refractivity contribution in [1.29, 1.82) is 0 Å². The second-order valence-corrected chi connectivity index (χ2v) is 6.90. The van der Waals surface area contributed by atoms with Crippen molar-refractivity contribution < 1.29 is 4.79 Å². The summed E-state index contributed by atoms with van der Waals surface area (Å²) in [6, 6.07) is 8.68. The number of ketones is 1. The molecule has 0 fully saturated rings. The lowest BCUT2D eigenvalue weighted by atomic mass is 10.0. The van der Waals surface area contributed by atoms with Crippen molar-refractivity contribution in [1.82, 2.24) is 4.98 Å². The van der Waals surface area contributed by atoms with E-state index in [-0.39, 0.29) is 5.78 Å². The lowest BCUT2D eigenvalue weighted by Gasteiger charge is -2.19. The average molecular weight is 298 g/mol. The molecule has 108 valence electrons. The maximum Gasteiger partial charge on any atom is 0.186 e. The Morgan fingerprint density at radius 1 is 1.05 bits per heavy atom. The quantitative estimate of drug-likeness (QED) is 0.806. The van der Waals surface area contributed by atoms with E-state index in [9.17, 15) is 4.79 Å². The van der Waals surface area contributed by atoms with E-state index in [2.05, 4.69) is 34.1 Å². The minimum atomic E-state index is 0.231. The van der Waals surface area contributed by atoms with E-state index in [4.69, 9.17) is 0 Å². The SMILES string of the molecule is O=C1CCCc2sc(N3CCCc4ccccc4C3)nc21. The summed E-state index contributed by atoms with van der Waals surface area (Å²) >= 11 is 1.72. The van der Waals surface area contributed by atoms with Crippen molar-refractivity contribution >= 4 is 22.3 Å². The van der Waals surface area contributed by atoms with Crippen molar-refractivity contribution in [3.8, 4) is 0 Å². The Hall–Kier alpha value is -1.68. The lowest BCUT2D eigenvalue weighted by Crippen LogP contribution is -2.22. The van der Waals surface area contributed by atoms with Gasteiger partial charge < -0.3 is 4.90 Å². The number of benzene rings is 1. The van der Waals surface area contributed by atoms with Gasteiger partial charge in [-0.2, -0.15) is 0 Å². The van der Waals surface area contributed by atoms with Gasteiger partial charge in [0.05, 0.1) is 0 Å². The van der Waals surface area contributed by atoms with Crippen LogP contribution in [0.3, 0.4) is 0 Å². The van der Waals surface area contributed by atoms with E-state index >= 15 is 0 Å². The number of carbonyl (C=O) groups is 1. The molecule has 0 N–H and O–H groups in total. The highest BCUT2D eigenvalue weighted by Crippen LogP contribution is 2.33. The summed E-state index contributed by atoms with van der Waals surface area (Å²) in [5.41, 5.74) is 3.60. The predicted octanol–water partition coefficient (Wildman–Crippen LogP) is 3.61. The summed E-state index contributed by atoms with van der Waals surface area (Å²) in [7, 11) is 0. The third-order valence-electron chi connectivity index (χ3n) is 4.38. The van der Waals surface area contributed by atoms with Crippen LogP contribution in [0.4, 0.5) is 5.13 Å². The molecular weight excluding hydrogens is 280 g/mol.